The Bertz CT molecular complexity index is 1940. The predicted octanol–water partition coefficient (Wildman–Crippen LogP) is 11.3. The molecule has 4 aromatic carbocycles. The molecule has 0 N–H and O–H groups in total. The average Bonchev–Trinajstić information content (AvgIpc) is 3.97. The molecule has 0 saturated heterocycles. The number of benzene rings is 4. The first kappa shape index (κ1) is 34.8. The van der Waals surface area contributed by atoms with Gasteiger partial charge in [0.2, 0.25) is 15.5 Å². The molecule has 9 nitrogen and oxygen atoms in total. The molecule has 1 aliphatic carbocycles. The molecule has 4 aromatic rings. The Morgan fingerprint density at radius 3 is 1.71 bits per heavy atom. The lowest BCUT2D eigenvalue weighted by Crippen LogP contribution is -2.02. The third-order valence-corrected chi connectivity index (χ3v) is 10.7. The Labute approximate surface area is 300 Å². The van der Waals surface area contributed by atoms with E-state index in [1.54, 1.807) is 35.3 Å². The van der Waals surface area contributed by atoms with Crippen LogP contribution in [0.2, 0.25) is 0 Å². The van der Waals surface area contributed by atoms with Gasteiger partial charge in [-0.25, -0.2) is 0 Å². The highest BCUT2D eigenvalue weighted by Crippen LogP contribution is 2.31. The van der Waals surface area contributed by atoms with E-state index in [2.05, 4.69) is 102 Å². The Hall–Kier alpha value is -4.00. The first-order valence-corrected chi connectivity index (χ1v) is 19.5. The van der Waals surface area contributed by atoms with Gasteiger partial charge in [-0.1, -0.05) is 95.9 Å². The Morgan fingerprint density at radius 2 is 1.04 bits per heavy atom. The lowest BCUT2D eigenvalue weighted by Gasteiger charge is -2.16. The van der Waals surface area contributed by atoms with Crippen molar-refractivity contribution >= 4 is 78.6 Å². The highest BCUT2D eigenvalue weighted by Gasteiger charge is 2.13. The van der Waals surface area contributed by atoms with Crippen LogP contribution in [0, 0.1) is 13.8 Å². The van der Waals surface area contributed by atoms with Gasteiger partial charge < -0.3 is 0 Å². The highest BCUT2D eigenvalue weighted by atomic mass is 32.2. The molecule has 49 heavy (non-hydrogen) atoms. The molecule has 0 radical (unpaired) electrons. The number of rotatable bonds is 3. The fraction of sp³-hybridized carbons (Fsp3) is 0.324. The third kappa shape index (κ3) is 10.0. The summed E-state index contributed by atoms with van der Waals surface area (Å²) in [5.41, 5.74) is 8.15. The van der Waals surface area contributed by atoms with Gasteiger partial charge in [0.1, 0.15) is 0 Å². The molecule has 0 spiro atoms. The van der Waals surface area contributed by atoms with Crippen LogP contribution in [0.25, 0.3) is 10.8 Å². The topological polar surface area (TPSA) is 111 Å². The minimum Gasteiger partial charge on any atom is -0.258 e. The highest BCUT2D eigenvalue weighted by molar-refractivity contribution is 8.14. The lowest BCUT2D eigenvalue weighted by molar-refractivity contribution is 0.686. The second-order valence-corrected chi connectivity index (χ2v) is 14.7. The monoisotopic (exact) mass is 705 g/mol. The first-order valence-electron chi connectivity index (χ1n) is 16.6. The minimum absolute atomic E-state index is 0.790. The fourth-order valence-electron chi connectivity index (χ4n) is 5.44. The van der Waals surface area contributed by atoms with Crippen LogP contribution >= 0.6 is 35.3 Å². The van der Waals surface area contributed by atoms with Gasteiger partial charge >= 0.3 is 0 Å². The number of amidine groups is 3. The first-order chi connectivity index (χ1) is 24.1. The van der Waals surface area contributed by atoms with Crippen molar-refractivity contribution in [3.05, 3.63) is 101 Å². The second kappa shape index (κ2) is 18.1. The van der Waals surface area contributed by atoms with Crippen molar-refractivity contribution in [3.63, 3.8) is 0 Å². The number of fused-ring (bicyclic) bond motifs is 2. The summed E-state index contributed by atoms with van der Waals surface area (Å²) in [4.78, 5) is 12.8. The van der Waals surface area contributed by atoms with Crippen LogP contribution in [-0.4, -0.2) is 52.4 Å². The van der Waals surface area contributed by atoms with Gasteiger partial charge in [-0.2, -0.15) is 0 Å². The summed E-state index contributed by atoms with van der Waals surface area (Å²) in [7, 11) is 0. The molecule has 3 heterocycles. The summed E-state index contributed by atoms with van der Waals surface area (Å²) in [6.07, 6.45) is 4.91. The predicted molar refractivity (Wildman–Crippen MR) is 211 cm³/mol. The molecular weight excluding hydrogens is 667 g/mol. The normalized spacial score (nSPS) is 17.1. The summed E-state index contributed by atoms with van der Waals surface area (Å²) in [5, 5.41) is 30.2. The van der Waals surface area contributed by atoms with E-state index in [1.165, 1.54) is 46.9 Å². The van der Waals surface area contributed by atoms with Crippen molar-refractivity contribution in [3.8, 4) is 0 Å². The quantitative estimate of drug-likeness (QED) is 0.198. The van der Waals surface area contributed by atoms with Gasteiger partial charge in [0.05, 0.1) is 36.7 Å². The van der Waals surface area contributed by atoms with Crippen molar-refractivity contribution in [2.75, 3.05) is 36.9 Å². The molecule has 0 aromatic heterocycles. The van der Waals surface area contributed by atoms with Crippen molar-refractivity contribution in [1.29, 1.82) is 0 Å². The summed E-state index contributed by atoms with van der Waals surface area (Å²) in [6.45, 7) is 6.75. The van der Waals surface area contributed by atoms with E-state index in [4.69, 9.17) is 0 Å². The number of thioether (sulfide) groups is 3. The van der Waals surface area contributed by atoms with Gasteiger partial charge in [0.15, 0.2) is 0 Å². The van der Waals surface area contributed by atoms with Crippen molar-refractivity contribution in [2.24, 2.45) is 45.7 Å². The van der Waals surface area contributed by atoms with E-state index in [1.807, 2.05) is 36.4 Å². The van der Waals surface area contributed by atoms with Crippen LogP contribution in [0.3, 0.4) is 0 Å². The molecule has 0 unspecified atom stereocenters. The largest absolute Gasteiger partial charge is 0.258 e. The number of aliphatic imine (C=N–C) groups is 3. The Kier molecular flexibility index (Phi) is 12.9. The molecule has 8 rings (SSSR count). The molecule has 0 bridgehead atoms. The van der Waals surface area contributed by atoms with Crippen molar-refractivity contribution < 1.29 is 0 Å². The number of hydrogen-bond donors (Lipinski definition) is 0. The van der Waals surface area contributed by atoms with Gasteiger partial charge in [-0.05, 0) is 85.4 Å². The molecule has 250 valence electrons. The molecule has 0 amide bonds. The number of aryl methyl sites for hydroxylation is 2. The summed E-state index contributed by atoms with van der Waals surface area (Å²) >= 11 is 5.01. The van der Waals surface area contributed by atoms with Gasteiger partial charge in [0, 0.05) is 22.6 Å². The summed E-state index contributed by atoms with van der Waals surface area (Å²) < 4.78 is 0. The molecule has 4 aliphatic rings. The third-order valence-electron chi connectivity index (χ3n) is 8.15. The van der Waals surface area contributed by atoms with E-state index in [0.717, 1.165) is 81.3 Å². The van der Waals surface area contributed by atoms with Crippen molar-refractivity contribution in [1.82, 2.24) is 0 Å². The number of hydrogen-bond acceptors (Lipinski definition) is 12. The van der Waals surface area contributed by atoms with Crippen LogP contribution in [0.1, 0.15) is 35.1 Å². The zero-order valence-electron chi connectivity index (χ0n) is 27.8. The SMILES string of the molecule is Cc1cccc(N=NC2=NCCS2)c1C.c1cc2c(c(N=NC3=NCCS3)c1)CCCC2.c1ccc2c(N=NC3=NCCS3)cccc2c1. The van der Waals surface area contributed by atoms with Gasteiger partial charge in [-0.15, -0.1) is 30.7 Å². The Morgan fingerprint density at radius 1 is 0.510 bits per heavy atom. The standard InChI is InChI=1S/C13H15N3S.C13H11N3S.C11H13N3S/c2*1-2-6-11-10(4-1)5-3-7-12(11)15-16-13-14-8-9-17-13;1-8-4-3-5-10(9(8)2)13-14-11-12-6-7-15-11/h3,5,7H,1-2,4,6,8-9H2;1-7H,8-9H2;3-5H,6-7H2,1-2H3. The van der Waals surface area contributed by atoms with E-state index in [9.17, 15) is 0 Å². The van der Waals surface area contributed by atoms with Crippen LogP contribution in [0.15, 0.2) is 125 Å². The van der Waals surface area contributed by atoms with Crippen LogP contribution in [0.4, 0.5) is 17.1 Å². The maximum absolute atomic E-state index is 4.37. The van der Waals surface area contributed by atoms with Crippen LogP contribution in [0.5, 0.6) is 0 Å². The molecular formula is C37H39N9S3. The molecule has 0 saturated carbocycles. The maximum Gasteiger partial charge on any atom is 0.204 e. The average molecular weight is 706 g/mol. The van der Waals surface area contributed by atoms with Crippen LogP contribution in [-0.2, 0) is 12.8 Å². The van der Waals surface area contributed by atoms with Crippen molar-refractivity contribution in [2.45, 2.75) is 39.5 Å². The Balaban J connectivity index is 0.000000128. The summed E-state index contributed by atoms with van der Waals surface area (Å²) in [5.74, 6) is 3.09. The van der Waals surface area contributed by atoms with E-state index < -0.39 is 0 Å². The van der Waals surface area contributed by atoms with Gasteiger partial charge in [-0.3, -0.25) is 15.0 Å². The zero-order valence-corrected chi connectivity index (χ0v) is 30.3. The molecule has 12 heteroatoms. The van der Waals surface area contributed by atoms with Crippen LogP contribution < -0.4 is 0 Å². The summed E-state index contributed by atoms with van der Waals surface area (Å²) in [6, 6.07) is 26.7. The second-order valence-electron chi connectivity index (χ2n) is 11.5. The van der Waals surface area contributed by atoms with Gasteiger partial charge in [0.25, 0.3) is 0 Å². The lowest BCUT2D eigenvalue weighted by atomic mass is 9.91. The minimum atomic E-state index is 0.790. The molecule has 0 atom stereocenters. The smallest absolute Gasteiger partial charge is 0.204 e. The number of azo groups is 3. The number of nitrogens with zero attached hydrogens (tertiary/aromatic N) is 9. The van der Waals surface area contributed by atoms with E-state index in [0.29, 0.717) is 0 Å². The zero-order chi connectivity index (χ0) is 33.7. The maximum atomic E-state index is 4.37. The fourth-order valence-corrected chi connectivity index (χ4v) is 7.38. The van der Waals surface area contributed by atoms with E-state index in [-0.39, 0.29) is 0 Å². The molecule has 3 aliphatic heterocycles. The van der Waals surface area contributed by atoms with E-state index >= 15 is 0 Å². The molecule has 0 fully saturated rings.